The lowest BCUT2D eigenvalue weighted by molar-refractivity contribution is -0.143. The summed E-state index contributed by atoms with van der Waals surface area (Å²) in [5.74, 6) is -0.206. The highest BCUT2D eigenvalue weighted by molar-refractivity contribution is 9.08. The number of carbonyl (C=O) groups excluding carboxylic acids is 1. The summed E-state index contributed by atoms with van der Waals surface area (Å²) in [6.07, 6.45) is 0.316. The van der Waals surface area contributed by atoms with Crippen molar-refractivity contribution in [2.24, 2.45) is 0 Å². The van der Waals surface area contributed by atoms with Crippen molar-refractivity contribution in [2.45, 2.75) is 31.5 Å². The number of benzene rings is 1. The predicted molar refractivity (Wildman–Crippen MR) is 78.8 cm³/mol. The molecule has 1 rings (SSSR count). The maximum Gasteiger partial charge on any atom is 0.306 e. The van der Waals surface area contributed by atoms with Gasteiger partial charge in [-0.15, -0.1) is 0 Å². The number of alkyl halides is 1. The van der Waals surface area contributed by atoms with Crippen molar-refractivity contribution in [2.75, 3.05) is 6.61 Å². The highest BCUT2D eigenvalue weighted by Gasteiger charge is 2.17. The molecular weight excluding hydrogens is 339 g/mol. The molecule has 0 fully saturated rings. The van der Waals surface area contributed by atoms with Crippen LogP contribution in [-0.2, 0) is 14.9 Å². The van der Waals surface area contributed by atoms with Gasteiger partial charge in [0.25, 0.3) is 0 Å². The molecule has 100 valence electrons. The SMILES string of the molecule is CCOC(=O)CC(C)c1ccc(Cl)c(CBr)c1Cl. The van der Waals surface area contributed by atoms with Gasteiger partial charge in [0.1, 0.15) is 0 Å². The minimum atomic E-state index is -0.212. The summed E-state index contributed by atoms with van der Waals surface area (Å²) < 4.78 is 4.94. The second-order valence-electron chi connectivity index (χ2n) is 3.97. The Bertz CT molecular complexity index is 435. The topological polar surface area (TPSA) is 26.3 Å². The van der Waals surface area contributed by atoms with E-state index in [-0.39, 0.29) is 11.9 Å². The van der Waals surface area contributed by atoms with Crippen molar-refractivity contribution < 1.29 is 9.53 Å². The van der Waals surface area contributed by atoms with Crippen LogP contribution in [0, 0.1) is 0 Å². The molecular formula is C13H15BrCl2O2. The van der Waals surface area contributed by atoms with Gasteiger partial charge in [0.05, 0.1) is 13.0 Å². The van der Waals surface area contributed by atoms with Gasteiger partial charge in [-0.1, -0.05) is 52.1 Å². The van der Waals surface area contributed by atoms with Gasteiger partial charge < -0.3 is 4.74 Å². The van der Waals surface area contributed by atoms with Crippen molar-refractivity contribution in [3.05, 3.63) is 33.3 Å². The zero-order valence-corrected chi connectivity index (χ0v) is 13.4. The number of halogens is 3. The standard InChI is InChI=1S/C13H15BrCl2O2/c1-3-18-12(17)6-8(2)9-4-5-11(15)10(7-14)13(9)16/h4-5,8H,3,6-7H2,1-2H3. The second-order valence-corrected chi connectivity index (χ2v) is 5.32. The first-order chi connectivity index (χ1) is 8.51. The van der Waals surface area contributed by atoms with Gasteiger partial charge in [0, 0.05) is 20.9 Å². The van der Waals surface area contributed by atoms with Crippen LogP contribution in [-0.4, -0.2) is 12.6 Å². The lowest BCUT2D eigenvalue weighted by Gasteiger charge is -2.15. The third-order valence-electron chi connectivity index (χ3n) is 2.66. The van der Waals surface area contributed by atoms with Gasteiger partial charge >= 0.3 is 5.97 Å². The summed E-state index contributed by atoms with van der Waals surface area (Å²) in [6, 6.07) is 3.67. The predicted octanol–water partition coefficient (Wildman–Crippen LogP) is 4.95. The van der Waals surface area contributed by atoms with Crippen LogP contribution in [0.4, 0.5) is 0 Å². The van der Waals surface area contributed by atoms with Crippen LogP contribution < -0.4 is 0 Å². The van der Waals surface area contributed by atoms with E-state index >= 15 is 0 Å². The average molecular weight is 354 g/mol. The van der Waals surface area contributed by atoms with E-state index in [9.17, 15) is 4.79 Å². The van der Waals surface area contributed by atoms with Gasteiger partial charge in [-0.25, -0.2) is 0 Å². The van der Waals surface area contributed by atoms with Gasteiger partial charge in [0.15, 0.2) is 0 Å². The lowest BCUT2D eigenvalue weighted by atomic mass is 9.96. The van der Waals surface area contributed by atoms with Crippen molar-refractivity contribution in [3.8, 4) is 0 Å². The largest absolute Gasteiger partial charge is 0.466 e. The number of ether oxygens (including phenoxy) is 1. The smallest absolute Gasteiger partial charge is 0.306 e. The Labute approximate surface area is 126 Å². The Kier molecular flexibility index (Phi) is 6.47. The molecule has 0 bridgehead atoms. The fourth-order valence-electron chi connectivity index (χ4n) is 1.70. The molecule has 0 aliphatic carbocycles. The first kappa shape index (κ1) is 15.8. The average Bonchev–Trinajstić information content (AvgIpc) is 2.29. The van der Waals surface area contributed by atoms with E-state index < -0.39 is 0 Å². The number of hydrogen-bond donors (Lipinski definition) is 0. The summed E-state index contributed by atoms with van der Waals surface area (Å²) in [7, 11) is 0. The first-order valence-corrected chi connectivity index (χ1v) is 7.57. The number of esters is 1. The molecule has 18 heavy (non-hydrogen) atoms. The Morgan fingerprint density at radius 1 is 1.44 bits per heavy atom. The van der Waals surface area contributed by atoms with Crippen LogP contribution in [0.2, 0.25) is 10.0 Å². The van der Waals surface area contributed by atoms with Crippen LogP contribution in [0.1, 0.15) is 37.3 Å². The molecule has 5 heteroatoms. The van der Waals surface area contributed by atoms with Crippen LogP contribution in [0.5, 0.6) is 0 Å². The molecule has 0 radical (unpaired) electrons. The lowest BCUT2D eigenvalue weighted by Crippen LogP contribution is -2.09. The van der Waals surface area contributed by atoms with E-state index in [1.807, 2.05) is 13.0 Å². The van der Waals surface area contributed by atoms with Crippen LogP contribution in [0.3, 0.4) is 0 Å². The molecule has 2 nitrogen and oxygen atoms in total. The van der Waals surface area contributed by atoms with E-state index in [0.29, 0.717) is 28.4 Å². The minimum Gasteiger partial charge on any atom is -0.466 e. The maximum absolute atomic E-state index is 11.5. The third-order valence-corrected chi connectivity index (χ3v) is 4.02. The summed E-state index contributed by atoms with van der Waals surface area (Å²) >= 11 is 15.7. The van der Waals surface area contributed by atoms with Gasteiger partial charge in [-0.05, 0) is 24.5 Å². The zero-order chi connectivity index (χ0) is 13.7. The second kappa shape index (κ2) is 7.37. The molecule has 0 spiro atoms. The van der Waals surface area contributed by atoms with Crippen LogP contribution in [0.25, 0.3) is 0 Å². The van der Waals surface area contributed by atoms with Crippen molar-refractivity contribution in [1.29, 1.82) is 0 Å². The van der Waals surface area contributed by atoms with Crippen LogP contribution >= 0.6 is 39.1 Å². The molecule has 0 aromatic heterocycles. The van der Waals surface area contributed by atoms with Gasteiger partial charge in [-0.2, -0.15) is 0 Å². The van der Waals surface area contributed by atoms with Gasteiger partial charge in [0.2, 0.25) is 0 Å². The molecule has 0 saturated carbocycles. The highest BCUT2D eigenvalue weighted by Crippen LogP contribution is 2.35. The number of hydrogen-bond acceptors (Lipinski definition) is 2. The van der Waals surface area contributed by atoms with E-state index in [4.69, 9.17) is 27.9 Å². The van der Waals surface area contributed by atoms with Gasteiger partial charge in [-0.3, -0.25) is 4.79 Å². The molecule has 0 N–H and O–H groups in total. The summed E-state index contributed by atoms with van der Waals surface area (Å²) in [4.78, 5) is 11.5. The molecule has 0 aliphatic rings. The minimum absolute atomic E-state index is 0.00613. The molecule has 1 unspecified atom stereocenters. The van der Waals surface area contributed by atoms with E-state index in [1.165, 1.54) is 0 Å². The number of rotatable bonds is 5. The fraction of sp³-hybridized carbons (Fsp3) is 0.462. The molecule has 1 aromatic rings. The summed E-state index contributed by atoms with van der Waals surface area (Å²) in [5.41, 5.74) is 1.77. The monoisotopic (exact) mass is 352 g/mol. The zero-order valence-electron chi connectivity index (χ0n) is 10.3. The highest BCUT2D eigenvalue weighted by atomic mass is 79.9. The molecule has 0 heterocycles. The van der Waals surface area contributed by atoms with E-state index in [0.717, 1.165) is 11.1 Å². The first-order valence-electron chi connectivity index (χ1n) is 5.69. The fourth-order valence-corrected chi connectivity index (χ4v) is 3.29. The Morgan fingerprint density at radius 2 is 2.11 bits per heavy atom. The molecule has 0 amide bonds. The summed E-state index contributed by atoms with van der Waals surface area (Å²) in [6.45, 7) is 4.14. The maximum atomic E-state index is 11.5. The third kappa shape index (κ3) is 3.87. The van der Waals surface area contributed by atoms with Crippen LogP contribution in [0.15, 0.2) is 12.1 Å². The molecule has 1 aromatic carbocycles. The molecule has 1 atom stereocenters. The Morgan fingerprint density at radius 3 is 2.67 bits per heavy atom. The summed E-state index contributed by atoms with van der Waals surface area (Å²) in [5, 5.41) is 1.84. The van der Waals surface area contributed by atoms with Crippen molar-refractivity contribution in [3.63, 3.8) is 0 Å². The normalized spacial score (nSPS) is 12.3. The van der Waals surface area contributed by atoms with E-state index in [1.54, 1.807) is 13.0 Å². The van der Waals surface area contributed by atoms with Crippen molar-refractivity contribution >= 4 is 45.1 Å². The Hall–Kier alpha value is -0.250. The Balaban J connectivity index is 2.92. The van der Waals surface area contributed by atoms with Crippen molar-refractivity contribution in [1.82, 2.24) is 0 Å². The van der Waals surface area contributed by atoms with E-state index in [2.05, 4.69) is 15.9 Å². The number of carbonyl (C=O) groups is 1. The quantitative estimate of drug-likeness (QED) is 0.553. The molecule has 0 saturated heterocycles. The molecule has 0 aliphatic heterocycles.